The standard InChI is InChI=1S/C13H16N4O2/c1-9-4-5-10(7-14-9)8-15-13-16-11(18-2)6-12(17-13)19-3/h4-7H,8H2,1-3H3,(H,15,16,17). The van der Waals surface area contributed by atoms with Crippen molar-refractivity contribution in [3.8, 4) is 11.8 Å². The van der Waals surface area contributed by atoms with Gasteiger partial charge in [-0.3, -0.25) is 4.98 Å². The third-order valence-corrected chi connectivity index (χ3v) is 2.52. The Labute approximate surface area is 111 Å². The molecule has 0 aliphatic carbocycles. The molecule has 0 fully saturated rings. The maximum atomic E-state index is 5.08. The molecule has 0 saturated heterocycles. The summed E-state index contributed by atoms with van der Waals surface area (Å²) in [5, 5.41) is 3.11. The van der Waals surface area contributed by atoms with Crippen molar-refractivity contribution in [2.45, 2.75) is 13.5 Å². The number of nitrogens with one attached hydrogen (secondary N) is 1. The van der Waals surface area contributed by atoms with Crippen molar-refractivity contribution in [1.29, 1.82) is 0 Å². The summed E-state index contributed by atoms with van der Waals surface area (Å²) in [6, 6.07) is 5.59. The zero-order valence-electron chi connectivity index (χ0n) is 11.2. The van der Waals surface area contributed by atoms with Gasteiger partial charge < -0.3 is 14.8 Å². The van der Waals surface area contributed by atoms with Gasteiger partial charge in [-0.1, -0.05) is 6.07 Å². The average molecular weight is 260 g/mol. The van der Waals surface area contributed by atoms with Gasteiger partial charge in [-0.2, -0.15) is 9.97 Å². The van der Waals surface area contributed by atoms with Gasteiger partial charge in [0.2, 0.25) is 17.7 Å². The van der Waals surface area contributed by atoms with Gasteiger partial charge in [-0.15, -0.1) is 0 Å². The third kappa shape index (κ3) is 3.54. The van der Waals surface area contributed by atoms with Gasteiger partial charge in [0.25, 0.3) is 0 Å². The SMILES string of the molecule is COc1cc(OC)nc(NCc2ccc(C)nc2)n1. The quantitative estimate of drug-likeness (QED) is 0.884. The van der Waals surface area contributed by atoms with E-state index in [1.165, 1.54) is 0 Å². The molecule has 0 saturated carbocycles. The molecule has 2 heterocycles. The van der Waals surface area contributed by atoms with E-state index in [-0.39, 0.29) is 0 Å². The lowest BCUT2D eigenvalue weighted by molar-refractivity contribution is 0.373. The third-order valence-electron chi connectivity index (χ3n) is 2.52. The number of nitrogens with zero attached hydrogens (tertiary/aromatic N) is 3. The number of aromatic nitrogens is 3. The molecule has 0 bridgehead atoms. The van der Waals surface area contributed by atoms with Crippen LogP contribution in [0.3, 0.4) is 0 Å². The Kier molecular flexibility index (Phi) is 4.12. The molecule has 100 valence electrons. The van der Waals surface area contributed by atoms with Crippen molar-refractivity contribution in [3.63, 3.8) is 0 Å². The van der Waals surface area contributed by atoms with Crippen LogP contribution in [0.15, 0.2) is 24.4 Å². The second-order valence-corrected chi connectivity index (χ2v) is 3.94. The Morgan fingerprint density at radius 2 is 1.79 bits per heavy atom. The molecule has 0 unspecified atom stereocenters. The molecule has 0 aromatic carbocycles. The first-order valence-corrected chi connectivity index (χ1v) is 5.83. The van der Waals surface area contributed by atoms with Gasteiger partial charge in [0.1, 0.15) is 0 Å². The van der Waals surface area contributed by atoms with Crippen LogP contribution in [0, 0.1) is 6.92 Å². The summed E-state index contributed by atoms with van der Waals surface area (Å²) >= 11 is 0. The van der Waals surface area contributed by atoms with Gasteiger partial charge in [-0.05, 0) is 18.6 Å². The second kappa shape index (κ2) is 5.99. The molecule has 2 rings (SSSR count). The van der Waals surface area contributed by atoms with E-state index in [1.807, 2.05) is 25.3 Å². The van der Waals surface area contributed by atoms with Crippen LogP contribution in [-0.2, 0) is 6.54 Å². The topological polar surface area (TPSA) is 69.2 Å². The number of methoxy groups -OCH3 is 2. The zero-order valence-corrected chi connectivity index (χ0v) is 11.2. The normalized spacial score (nSPS) is 10.1. The number of hydrogen-bond donors (Lipinski definition) is 1. The van der Waals surface area contributed by atoms with Crippen LogP contribution < -0.4 is 14.8 Å². The Hall–Kier alpha value is -2.37. The molecule has 1 N–H and O–H groups in total. The molecular weight excluding hydrogens is 244 g/mol. The molecule has 0 aliphatic heterocycles. The minimum atomic E-state index is 0.455. The van der Waals surface area contributed by atoms with E-state index in [4.69, 9.17) is 9.47 Å². The average Bonchev–Trinajstić information content (AvgIpc) is 2.46. The number of pyridine rings is 1. The zero-order chi connectivity index (χ0) is 13.7. The van der Waals surface area contributed by atoms with E-state index >= 15 is 0 Å². The highest BCUT2D eigenvalue weighted by Gasteiger charge is 2.05. The van der Waals surface area contributed by atoms with Gasteiger partial charge in [-0.25, -0.2) is 0 Å². The fourth-order valence-electron chi connectivity index (χ4n) is 1.48. The van der Waals surface area contributed by atoms with Crippen LogP contribution in [0.25, 0.3) is 0 Å². The summed E-state index contributed by atoms with van der Waals surface area (Å²) in [4.78, 5) is 12.6. The minimum Gasteiger partial charge on any atom is -0.481 e. The molecular formula is C13H16N4O2. The summed E-state index contributed by atoms with van der Waals surface area (Å²) in [5.41, 5.74) is 2.04. The van der Waals surface area contributed by atoms with Gasteiger partial charge >= 0.3 is 0 Å². The lowest BCUT2D eigenvalue weighted by atomic mass is 10.2. The Morgan fingerprint density at radius 3 is 2.32 bits per heavy atom. The molecule has 2 aromatic rings. The minimum absolute atomic E-state index is 0.455. The smallest absolute Gasteiger partial charge is 0.229 e. The number of hydrogen-bond acceptors (Lipinski definition) is 6. The maximum absolute atomic E-state index is 5.08. The molecule has 6 heteroatoms. The lowest BCUT2D eigenvalue weighted by Gasteiger charge is -2.08. The van der Waals surface area contributed by atoms with Crippen molar-refractivity contribution in [1.82, 2.24) is 15.0 Å². The van der Waals surface area contributed by atoms with E-state index in [0.29, 0.717) is 24.3 Å². The first-order valence-electron chi connectivity index (χ1n) is 5.83. The molecule has 0 atom stereocenters. The second-order valence-electron chi connectivity index (χ2n) is 3.94. The van der Waals surface area contributed by atoms with E-state index < -0.39 is 0 Å². The van der Waals surface area contributed by atoms with Crippen LogP contribution >= 0.6 is 0 Å². The highest BCUT2D eigenvalue weighted by molar-refractivity contribution is 5.34. The van der Waals surface area contributed by atoms with Crippen LogP contribution in [0.4, 0.5) is 5.95 Å². The van der Waals surface area contributed by atoms with Crippen molar-refractivity contribution >= 4 is 5.95 Å². The van der Waals surface area contributed by atoms with Crippen LogP contribution in [0.2, 0.25) is 0 Å². The van der Waals surface area contributed by atoms with E-state index in [2.05, 4.69) is 20.3 Å². The summed E-state index contributed by atoms with van der Waals surface area (Å²) in [7, 11) is 3.10. The summed E-state index contributed by atoms with van der Waals surface area (Å²) < 4.78 is 10.2. The molecule has 0 radical (unpaired) electrons. The molecule has 2 aromatic heterocycles. The predicted octanol–water partition coefficient (Wildman–Crippen LogP) is 1.81. The summed E-state index contributed by atoms with van der Waals surface area (Å²) in [6.45, 7) is 2.54. The van der Waals surface area contributed by atoms with E-state index in [0.717, 1.165) is 11.3 Å². The van der Waals surface area contributed by atoms with Gasteiger partial charge in [0.05, 0.1) is 20.3 Å². The maximum Gasteiger partial charge on any atom is 0.229 e. The monoisotopic (exact) mass is 260 g/mol. The lowest BCUT2D eigenvalue weighted by Crippen LogP contribution is -2.05. The van der Waals surface area contributed by atoms with Gasteiger partial charge in [0.15, 0.2) is 0 Å². The first kappa shape index (κ1) is 13.1. The predicted molar refractivity (Wildman–Crippen MR) is 71.4 cm³/mol. The summed E-state index contributed by atoms with van der Waals surface area (Å²) in [6.07, 6.45) is 1.82. The Bertz CT molecular complexity index is 521. The fourth-order valence-corrected chi connectivity index (χ4v) is 1.48. The Morgan fingerprint density at radius 1 is 1.11 bits per heavy atom. The number of anilines is 1. The largest absolute Gasteiger partial charge is 0.481 e. The van der Waals surface area contributed by atoms with Crippen LogP contribution in [0.1, 0.15) is 11.3 Å². The highest BCUT2D eigenvalue weighted by atomic mass is 16.5. The number of ether oxygens (including phenoxy) is 2. The van der Waals surface area contributed by atoms with E-state index in [9.17, 15) is 0 Å². The molecule has 19 heavy (non-hydrogen) atoms. The summed E-state index contributed by atoms with van der Waals surface area (Å²) in [5.74, 6) is 1.37. The molecule has 6 nitrogen and oxygen atoms in total. The molecule has 0 spiro atoms. The van der Waals surface area contributed by atoms with Crippen LogP contribution in [0.5, 0.6) is 11.8 Å². The Balaban J connectivity index is 2.08. The van der Waals surface area contributed by atoms with Crippen molar-refractivity contribution in [2.24, 2.45) is 0 Å². The van der Waals surface area contributed by atoms with Crippen molar-refractivity contribution < 1.29 is 9.47 Å². The fraction of sp³-hybridized carbons (Fsp3) is 0.308. The van der Waals surface area contributed by atoms with Crippen molar-refractivity contribution in [3.05, 3.63) is 35.7 Å². The van der Waals surface area contributed by atoms with Gasteiger partial charge in [0, 0.05) is 18.4 Å². The number of rotatable bonds is 5. The molecule has 0 aliphatic rings. The van der Waals surface area contributed by atoms with E-state index in [1.54, 1.807) is 20.3 Å². The molecule has 0 amide bonds. The number of aryl methyl sites for hydroxylation is 1. The van der Waals surface area contributed by atoms with Crippen molar-refractivity contribution in [2.75, 3.05) is 19.5 Å². The van der Waals surface area contributed by atoms with Crippen LogP contribution in [-0.4, -0.2) is 29.2 Å². The first-order chi connectivity index (χ1) is 9.21. The highest BCUT2D eigenvalue weighted by Crippen LogP contribution is 2.17.